The van der Waals surface area contributed by atoms with Gasteiger partial charge in [0.2, 0.25) is 5.91 Å². The summed E-state index contributed by atoms with van der Waals surface area (Å²) in [5, 5.41) is 2.73. The summed E-state index contributed by atoms with van der Waals surface area (Å²) in [4.78, 5) is 39.3. The van der Waals surface area contributed by atoms with E-state index in [1.165, 1.54) is 4.90 Å². The van der Waals surface area contributed by atoms with Crippen LogP contribution in [-0.4, -0.2) is 55.0 Å². The monoisotopic (exact) mass is 530 g/mol. The van der Waals surface area contributed by atoms with E-state index in [9.17, 15) is 14.4 Å². The van der Waals surface area contributed by atoms with Crippen molar-refractivity contribution in [3.05, 3.63) is 64.1 Å². The summed E-state index contributed by atoms with van der Waals surface area (Å²) in [6.07, 6.45) is 0.390. The maximum absolute atomic E-state index is 13.0. The number of ether oxygens (including phenoxy) is 2. The van der Waals surface area contributed by atoms with E-state index in [1.807, 2.05) is 48.5 Å². The molecule has 1 N–H and O–H groups in total. The van der Waals surface area contributed by atoms with E-state index in [4.69, 9.17) is 9.47 Å². The van der Waals surface area contributed by atoms with E-state index in [0.29, 0.717) is 25.3 Å². The largest absolute Gasteiger partial charge is 0.483 e. The number of halogens is 1. The van der Waals surface area contributed by atoms with Crippen LogP contribution in [0.4, 0.5) is 0 Å². The molecule has 0 spiro atoms. The summed E-state index contributed by atoms with van der Waals surface area (Å²) in [6, 6.07) is 14.4. The molecule has 7 nitrogen and oxygen atoms in total. The van der Waals surface area contributed by atoms with Crippen LogP contribution < -0.4 is 10.1 Å². The lowest BCUT2D eigenvalue weighted by Gasteiger charge is -2.34. The second-order valence-corrected chi connectivity index (χ2v) is 10.1. The second kappa shape index (κ2) is 11.5. The van der Waals surface area contributed by atoms with Crippen LogP contribution in [0.15, 0.2) is 53.0 Å². The van der Waals surface area contributed by atoms with E-state index < -0.39 is 12.0 Å². The summed E-state index contributed by atoms with van der Waals surface area (Å²) in [6.45, 7) is 6.83. The number of carbonyl (C=O) groups is 3. The molecule has 2 amide bonds. The first kappa shape index (κ1) is 25.7. The van der Waals surface area contributed by atoms with Gasteiger partial charge in [0.25, 0.3) is 5.91 Å². The Morgan fingerprint density at radius 3 is 2.59 bits per heavy atom. The molecule has 1 fully saturated rings. The average molecular weight is 531 g/mol. The van der Waals surface area contributed by atoms with Crippen molar-refractivity contribution in [2.75, 3.05) is 26.3 Å². The van der Waals surface area contributed by atoms with Gasteiger partial charge in [0.15, 0.2) is 6.61 Å². The third-order valence-corrected chi connectivity index (χ3v) is 6.10. The topological polar surface area (TPSA) is 84.9 Å². The molecule has 0 radical (unpaired) electrons. The molecule has 2 aromatic rings. The van der Waals surface area contributed by atoms with Gasteiger partial charge in [0.05, 0.1) is 13.0 Å². The molecule has 1 atom stereocenters. The number of nitrogens with one attached hydrogen (secondary N) is 1. The smallest absolute Gasteiger partial charge is 0.308 e. The Morgan fingerprint density at radius 2 is 1.88 bits per heavy atom. The van der Waals surface area contributed by atoms with Gasteiger partial charge in [0, 0.05) is 29.5 Å². The van der Waals surface area contributed by atoms with Crippen LogP contribution in [0.25, 0.3) is 0 Å². The first-order valence-electron chi connectivity index (χ1n) is 11.3. The fourth-order valence-electron chi connectivity index (χ4n) is 3.80. The zero-order chi connectivity index (χ0) is 24.7. The van der Waals surface area contributed by atoms with Crippen molar-refractivity contribution in [3.63, 3.8) is 0 Å². The average Bonchev–Trinajstić information content (AvgIpc) is 2.79. The predicted octanol–water partition coefficient (Wildman–Crippen LogP) is 3.63. The van der Waals surface area contributed by atoms with E-state index in [2.05, 4.69) is 42.0 Å². The fraction of sp³-hybridized carbons (Fsp3) is 0.423. The van der Waals surface area contributed by atoms with Gasteiger partial charge in [-0.1, -0.05) is 67.0 Å². The van der Waals surface area contributed by atoms with Gasteiger partial charge < -0.3 is 19.7 Å². The number of nitrogens with zero attached hydrogens (tertiary/aromatic N) is 1. The number of hydrogen-bond donors (Lipinski definition) is 1. The molecule has 1 aliphatic rings. The minimum absolute atomic E-state index is 0.181. The molecule has 1 heterocycles. The van der Waals surface area contributed by atoms with Crippen LogP contribution in [0.3, 0.4) is 0 Å². The zero-order valence-corrected chi connectivity index (χ0v) is 21.4. The van der Waals surface area contributed by atoms with Crippen molar-refractivity contribution in [3.8, 4) is 5.75 Å². The van der Waals surface area contributed by atoms with Crippen molar-refractivity contribution in [2.45, 2.75) is 45.1 Å². The van der Waals surface area contributed by atoms with Gasteiger partial charge in [-0.05, 0) is 29.2 Å². The molecule has 2 aromatic carbocycles. The number of carbonyl (C=O) groups excluding carboxylic acids is 3. The van der Waals surface area contributed by atoms with Crippen LogP contribution in [0, 0.1) is 0 Å². The highest BCUT2D eigenvalue weighted by molar-refractivity contribution is 9.10. The number of amides is 2. The van der Waals surface area contributed by atoms with Crippen molar-refractivity contribution in [1.82, 2.24) is 10.2 Å². The van der Waals surface area contributed by atoms with E-state index in [-0.39, 0.29) is 36.9 Å². The number of hydrogen-bond acceptors (Lipinski definition) is 5. The SMILES string of the molecule is CC(C)(C)c1cc(Br)ccc1OCC(=O)N1CCNC(=O)C1CC(=O)OCCc1ccccc1. The molecule has 8 heteroatoms. The molecular weight excluding hydrogens is 500 g/mol. The van der Waals surface area contributed by atoms with Crippen molar-refractivity contribution in [2.24, 2.45) is 0 Å². The number of esters is 1. The zero-order valence-electron chi connectivity index (χ0n) is 19.8. The number of rotatable bonds is 8. The predicted molar refractivity (Wildman–Crippen MR) is 133 cm³/mol. The highest BCUT2D eigenvalue weighted by Crippen LogP contribution is 2.33. The lowest BCUT2D eigenvalue weighted by Crippen LogP contribution is -2.58. The molecule has 1 unspecified atom stereocenters. The Hall–Kier alpha value is -2.87. The van der Waals surface area contributed by atoms with Crippen LogP contribution >= 0.6 is 15.9 Å². The van der Waals surface area contributed by atoms with Gasteiger partial charge in [-0.15, -0.1) is 0 Å². The number of piperazine rings is 1. The summed E-state index contributed by atoms with van der Waals surface area (Å²) in [5.41, 5.74) is 1.84. The summed E-state index contributed by atoms with van der Waals surface area (Å²) in [5.74, 6) is -0.611. The van der Waals surface area contributed by atoms with Crippen LogP contribution in [0.1, 0.15) is 38.3 Å². The Bertz CT molecular complexity index is 1020. The Morgan fingerprint density at radius 1 is 1.15 bits per heavy atom. The Labute approximate surface area is 208 Å². The lowest BCUT2D eigenvalue weighted by atomic mass is 9.86. The molecule has 0 bridgehead atoms. The Kier molecular flexibility index (Phi) is 8.72. The summed E-state index contributed by atoms with van der Waals surface area (Å²) >= 11 is 3.48. The normalized spacial score (nSPS) is 16.1. The van der Waals surface area contributed by atoms with Crippen molar-refractivity contribution in [1.29, 1.82) is 0 Å². The van der Waals surface area contributed by atoms with Crippen LogP contribution in [-0.2, 0) is 31.0 Å². The van der Waals surface area contributed by atoms with Crippen LogP contribution in [0.2, 0.25) is 0 Å². The molecule has 1 aliphatic heterocycles. The fourth-order valence-corrected chi connectivity index (χ4v) is 4.16. The highest BCUT2D eigenvalue weighted by Gasteiger charge is 2.35. The first-order chi connectivity index (χ1) is 16.1. The van der Waals surface area contributed by atoms with Gasteiger partial charge >= 0.3 is 5.97 Å². The molecule has 0 aromatic heterocycles. The molecule has 0 aliphatic carbocycles. The lowest BCUT2D eigenvalue weighted by molar-refractivity contribution is -0.152. The van der Waals surface area contributed by atoms with E-state index in [0.717, 1.165) is 15.6 Å². The maximum atomic E-state index is 13.0. The molecule has 34 heavy (non-hydrogen) atoms. The third-order valence-electron chi connectivity index (χ3n) is 5.61. The molecular formula is C26H31BrN2O5. The van der Waals surface area contributed by atoms with Crippen molar-refractivity contribution >= 4 is 33.7 Å². The minimum atomic E-state index is -0.916. The van der Waals surface area contributed by atoms with Gasteiger partial charge in [-0.2, -0.15) is 0 Å². The Balaban J connectivity index is 1.59. The third kappa shape index (κ3) is 7.06. The van der Waals surface area contributed by atoms with Gasteiger partial charge in [-0.3, -0.25) is 14.4 Å². The summed E-state index contributed by atoms with van der Waals surface area (Å²) < 4.78 is 12.1. The molecule has 3 rings (SSSR count). The first-order valence-corrected chi connectivity index (χ1v) is 12.1. The van der Waals surface area contributed by atoms with E-state index >= 15 is 0 Å². The summed E-state index contributed by atoms with van der Waals surface area (Å²) in [7, 11) is 0. The minimum Gasteiger partial charge on any atom is -0.483 e. The van der Waals surface area contributed by atoms with E-state index in [1.54, 1.807) is 0 Å². The molecule has 0 saturated carbocycles. The molecule has 1 saturated heterocycles. The van der Waals surface area contributed by atoms with Gasteiger partial charge in [0.1, 0.15) is 11.8 Å². The standard InChI is InChI=1S/C26H31BrN2O5/c1-26(2,3)20-15-19(27)9-10-22(20)34-17-23(30)29-13-12-28-25(32)21(29)16-24(31)33-14-11-18-7-5-4-6-8-18/h4-10,15,21H,11-14,16-17H2,1-3H3,(H,28,32). The maximum Gasteiger partial charge on any atom is 0.308 e. The second-order valence-electron chi connectivity index (χ2n) is 9.23. The van der Waals surface area contributed by atoms with Crippen LogP contribution in [0.5, 0.6) is 5.75 Å². The van der Waals surface area contributed by atoms with Gasteiger partial charge in [-0.25, -0.2) is 0 Å². The highest BCUT2D eigenvalue weighted by atomic mass is 79.9. The quantitative estimate of drug-likeness (QED) is 0.526. The van der Waals surface area contributed by atoms with Crippen molar-refractivity contribution < 1.29 is 23.9 Å². The number of benzene rings is 2. The molecule has 182 valence electrons.